The summed E-state index contributed by atoms with van der Waals surface area (Å²) >= 11 is 3.37. The van der Waals surface area contributed by atoms with E-state index >= 15 is 0 Å². The first-order valence-corrected chi connectivity index (χ1v) is 6.86. The zero-order valence-electron chi connectivity index (χ0n) is 10.4. The maximum atomic E-state index is 12.2. The quantitative estimate of drug-likeness (QED) is 0.783. The number of amides is 1. The summed E-state index contributed by atoms with van der Waals surface area (Å²) in [5.74, 6) is -0.126. The third-order valence-corrected chi connectivity index (χ3v) is 3.84. The van der Waals surface area contributed by atoms with Crippen molar-refractivity contribution in [1.29, 1.82) is 0 Å². The normalized spacial score (nSPS) is 22.5. The second-order valence-electron chi connectivity index (χ2n) is 4.87. The molecule has 0 bridgehead atoms. The third kappa shape index (κ3) is 2.91. The fourth-order valence-corrected chi connectivity index (χ4v) is 2.30. The molecule has 18 heavy (non-hydrogen) atoms. The number of nitrogens with one attached hydrogen (secondary N) is 2. The van der Waals surface area contributed by atoms with Gasteiger partial charge >= 0.3 is 0 Å². The van der Waals surface area contributed by atoms with Crippen LogP contribution in [0.4, 0.5) is 0 Å². The zero-order chi connectivity index (χ0) is 13.2. The minimum atomic E-state index is -0.997. The van der Waals surface area contributed by atoms with Crippen molar-refractivity contribution in [2.75, 3.05) is 13.1 Å². The molecule has 0 spiro atoms. The predicted molar refractivity (Wildman–Crippen MR) is 75.1 cm³/mol. The topological polar surface area (TPSA) is 67.2 Å². The maximum Gasteiger partial charge on any atom is 0.244 e. The van der Waals surface area contributed by atoms with E-state index in [0.717, 1.165) is 29.5 Å². The Bertz CT molecular complexity index is 424. The van der Waals surface area contributed by atoms with Gasteiger partial charge in [0.15, 0.2) is 0 Å². The number of carbonyl (C=O) groups is 1. The molecule has 1 aliphatic heterocycles. The monoisotopic (exact) mass is 311 g/mol. The lowest BCUT2D eigenvalue weighted by Gasteiger charge is -2.26. The van der Waals surface area contributed by atoms with Gasteiger partial charge < -0.3 is 16.4 Å². The first-order valence-electron chi connectivity index (χ1n) is 6.07. The maximum absolute atomic E-state index is 12.2. The van der Waals surface area contributed by atoms with Gasteiger partial charge in [-0.2, -0.15) is 0 Å². The summed E-state index contributed by atoms with van der Waals surface area (Å²) in [5.41, 5.74) is 5.98. The Morgan fingerprint density at radius 1 is 1.50 bits per heavy atom. The minimum Gasteiger partial charge on any atom is -0.350 e. The van der Waals surface area contributed by atoms with Crippen molar-refractivity contribution >= 4 is 21.8 Å². The van der Waals surface area contributed by atoms with E-state index in [1.165, 1.54) is 0 Å². The highest BCUT2D eigenvalue weighted by Gasteiger charge is 2.32. The second kappa shape index (κ2) is 5.38. The van der Waals surface area contributed by atoms with Crippen LogP contribution in [0.1, 0.15) is 18.9 Å². The van der Waals surface area contributed by atoms with Crippen molar-refractivity contribution in [3.63, 3.8) is 0 Å². The van der Waals surface area contributed by atoms with Gasteiger partial charge in [-0.3, -0.25) is 4.79 Å². The highest BCUT2D eigenvalue weighted by molar-refractivity contribution is 9.10. The number of rotatable bonds is 3. The summed E-state index contributed by atoms with van der Waals surface area (Å²) in [7, 11) is 0. The highest BCUT2D eigenvalue weighted by Crippen LogP contribution is 2.21. The lowest BCUT2D eigenvalue weighted by Crippen LogP contribution is -2.52. The van der Waals surface area contributed by atoms with Crippen LogP contribution in [-0.4, -0.2) is 25.0 Å². The first-order chi connectivity index (χ1) is 8.50. The average Bonchev–Trinajstić information content (AvgIpc) is 2.82. The van der Waals surface area contributed by atoms with Crippen molar-refractivity contribution in [2.45, 2.75) is 24.9 Å². The van der Waals surface area contributed by atoms with Gasteiger partial charge in [-0.1, -0.05) is 28.1 Å². The molecule has 5 heteroatoms. The van der Waals surface area contributed by atoms with Gasteiger partial charge in [-0.25, -0.2) is 0 Å². The molecule has 1 amide bonds. The van der Waals surface area contributed by atoms with Crippen molar-refractivity contribution in [3.8, 4) is 0 Å². The van der Waals surface area contributed by atoms with Crippen LogP contribution in [0.2, 0.25) is 0 Å². The molecular weight excluding hydrogens is 294 g/mol. The van der Waals surface area contributed by atoms with Crippen molar-refractivity contribution < 1.29 is 4.79 Å². The van der Waals surface area contributed by atoms with E-state index in [-0.39, 0.29) is 11.9 Å². The van der Waals surface area contributed by atoms with E-state index in [2.05, 4.69) is 26.6 Å². The lowest BCUT2D eigenvalue weighted by atomic mass is 9.92. The van der Waals surface area contributed by atoms with Crippen molar-refractivity contribution in [2.24, 2.45) is 5.73 Å². The number of benzene rings is 1. The first kappa shape index (κ1) is 13.5. The van der Waals surface area contributed by atoms with Gasteiger partial charge in [0.05, 0.1) is 0 Å². The smallest absolute Gasteiger partial charge is 0.244 e. The Hall–Kier alpha value is -0.910. The summed E-state index contributed by atoms with van der Waals surface area (Å²) in [6, 6.07) is 7.72. The highest BCUT2D eigenvalue weighted by atomic mass is 79.9. The molecule has 0 aromatic heterocycles. The van der Waals surface area contributed by atoms with Gasteiger partial charge in [0.2, 0.25) is 5.91 Å². The van der Waals surface area contributed by atoms with Gasteiger partial charge in [0.1, 0.15) is 5.54 Å². The number of halogens is 1. The largest absolute Gasteiger partial charge is 0.350 e. The third-order valence-electron chi connectivity index (χ3n) is 3.31. The van der Waals surface area contributed by atoms with Crippen LogP contribution in [0.3, 0.4) is 0 Å². The molecule has 1 aromatic rings. The predicted octanol–water partition coefficient (Wildman–Crippen LogP) is 1.10. The molecule has 1 aromatic carbocycles. The summed E-state index contributed by atoms with van der Waals surface area (Å²) in [6.07, 6.45) is 0.960. The molecule has 0 radical (unpaired) electrons. The van der Waals surface area contributed by atoms with Crippen LogP contribution in [0.15, 0.2) is 28.7 Å². The molecule has 1 fully saturated rings. The average molecular weight is 312 g/mol. The summed E-state index contributed by atoms with van der Waals surface area (Å²) in [5, 5.41) is 6.21. The molecule has 0 aliphatic carbocycles. The van der Waals surface area contributed by atoms with Crippen LogP contribution in [0.25, 0.3) is 0 Å². The lowest BCUT2D eigenvalue weighted by molar-refractivity contribution is -0.126. The van der Waals surface area contributed by atoms with E-state index in [9.17, 15) is 4.79 Å². The number of nitrogens with two attached hydrogens (primary N) is 1. The van der Waals surface area contributed by atoms with Crippen LogP contribution in [0.5, 0.6) is 0 Å². The molecule has 2 unspecified atom stereocenters. The molecule has 4 nitrogen and oxygen atoms in total. The van der Waals surface area contributed by atoms with Crippen LogP contribution >= 0.6 is 15.9 Å². The Labute approximate surface area is 115 Å². The molecule has 1 heterocycles. The van der Waals surface area contributed by atoms with Gasteiger partial charge in [-0.05, 0) is 37.6 Å². The van der Waals surface area contributed by atoms with Crippen LogP contribution in [0, 0.1) is 0 Å². The summed E-state index contributed by atoms with van der Waals surface area (Å²) < 4.78 is 0.974. The Morgan fingerprint density at radius 2 is 2.17 bits per heavy atom. The zero-order valence-corrected chi connectivity index (χ0v) is 12.0. The van der Waals surface area contributed by atoms with E-state index in [1.54, 1.807) is 6.92 Å². The molecule has 98 valence electrons. The standard InChI is InChI=1S/C13H18BrN3O/c1-13(15,9-2-4-10(14)5-3-9)12(18)17-11-6-7-16-8-11/h2-5,11,16H,6-8,15H2,1H3,(H,17,18). The minimum absolute atomic E-state index is 0.126. The van der Waals surface area contributed by atoms with Crippen molar-refractivity contribution in [1.82, 2.24) is 10.6 Å². The van der Waals surface area contributed by atoms with Gasteiger partial charge in [0.25, 0.3) is 0 Å². The number of hydrogen-bond donors (Lipinski definition) is 3. The fourth-order valence-electron chi connectivity index (χ4n) is 2.04. The molecule has 1 saturated heterocycles. The van der Waals surface area contributed by atoms with E-state index in [0.29, 0.717) is 0 Å². The van der Waals surface area contributed by atoms with E-state index in [4.69, 9.17) is 5.73 Å². The second-order valence-corrected chi connectivity index (χ2v) is 5.79. The van der Waals surface area contributed by atoms with Crippen molar-refractivity contribution in [3.05, 3.63) is 34.3 Å². The van der Waals surface area contributed by atoms with Gasteiger partial charge in [0, 0.05) is 17.1 Å². The van der Waals surface area contributed by atoms with Crippen LogP contribution < -0.4 is 16.4 Å². The van der Waals surface area contributed by atoms with E-state index in [1.807, 2.05) is 24.3 Å². The van der Waals surface area contributed by atoms with E-state index < -0.39 is 5.54 Å². The summed E-state index contributed by atoms with van der Waals surface area (Å²) in [6.45, 7) is 3.51. The summed E-state index contributed by atoms with van der Waals surface area (Å²) in [4.78, 5) is 12.2. The van der Waals surface area contributed by atoms with Gasteiger partial charge in [-0.15, -0.1) is 0 Å². The number of carbonyl (C=O) groups excluding carboxylic acids is 1. The Balaban J connectivity index is 2.08. The number of hydrogen-bond acceptors (Lipinski definition) is 3. The van der Waals surface area contributed by atoms with Crippen LogP contribution in [-0.2, 0) is 10.3 Å². The Kier molecular flexibility index (Phi) is 4.04. The molecule has 1 aliphatic rings. The Morgan fingerprint density at radius 3 is 2.72 bits per heavy atom. The molecule has 0 saturated carbocycles. The molecular formula is C13H18BrN3O. The molecule has 2 rings (SSSR count). The SMILES string of the molecule is CC(N)(C(=O)NC1CCNC1)c1ccc(Br)cc1. The molecule has 4 N–H and O–H groups in total. The fraction of sp³-hybridized carbons (Fsp3) is 0.462. The molecule has 2 atom stereocenters.